The van der Waals surface area contributed by atoms with E-state index in [2.05, 4.69) is 57.9 Å². The van der Waals surface area contributed by atoms with E-state index in [-0.39, 0.29) is 0 Å². The first-order valence-corrected chi connectivity index (χ1v) is 9.42. The van der Waals surface area contributed by atoms with Gasteiger partial charge in [-0.1, -0.05) is 0 Å². The van der Waals surface area contributed by atoms with Gasteiger partial charge in [-0.2, -0.15) is 5.10 Å². The zero-order valence-electron chi connectivity index (χ0n) is 14.1. The second-order valence-electron chi connectivity index (χ2n) is 5.79. The van der Waals surface area contributed by atoms with Crippen LogP contribution in [-0.2, 0) is 0 Å². The minimum Gasteiger partial charge on any atom is -0.337 e. The Hall–Kier alpha value is -2.36. The van der Waals surface area contributed by atoms with Crippen molar-refractivity contribution >= 4 is 45.0 Å². The van der Waals surface area contributed by atoms with Crippen LogP contribution >= 0.6 is 27.9 Å². The lowest BCUT2D eigenvalue weighted by Gasteiger charge is -2.11. The second-order valence-corrected chi connectivity index (χ2v) is 7.99. The molecule has 4 aromatic rings. The number of rotatable bonds is 5. The molecule has 9 heteroatoms. The Morgan fingerprint density at radius 2 is 2.00 bits per heavy atom. The maximum atomic E-state index is 4.55. The molecule has 0 atom stereocenters. The molecule has 2 N–H and O–H groups in total. The molecular weight excluding hydrogens is 414 g/mol. The Labute approximate surface area is 163 Å². The van der Waals surface area contributed by atoms with Crippen LogP contribution < -0.4 is 5.32 Å². The molecule has 0 radical (unpaired) electrons. The molecule has 7 nitrogen and oxygen atoms in total. The van der Waals surface area contributed by atoms with Crippen LogP contribution in [0.4, 0.5) is 11.5 Å². The number of nitrogens with zero attached hydrogens (tertiary/aromatic N) is 5. The van der Waals surface area contributed by atoms with E-state index in [1.807, 2.05) is 49.2 Å². The van der Waals surface area contributed by atoms with E-state index < -0.39 is 0 Å². The third kappa shape index (κ3) is 3.46. The van der Waals surface area contributed by atoms with Gasteiger partial charge in [0.2, 0.25) is 0 Å². The molecule has 0 aliphatic heterocycles. The number of anilines is 2. The highest BCUT2D eigenvalue weighted by Crippen LogP contribution is 2.28. The van der Waals surface area contributed by atoms with Gasteiger partial charge in [0.25, 0.3) is 0 Å². The molecule has 26 heavy (non-hydrogen) atoms. The van der Waals surface area contributed by atoms with E-state index >= 15 is 0 Å². The van der Waals surface area contributed by atoms with Crippen molar-refractivity contribution < 1.29 is 0 Å². The molecule has 0 spiro atoms. The van der Waals surface area contributed by atoms with E-state index in [0.717, 1.165) is 27.2 Å². The molecule has 0 aliphatic carbocycles. The molecule has 0 unspecified atom stereocenters. The molecule has 1 aromatic carbocycles. The lowest BCUT2D eigenvalue weighted by atomic mass is 10.3. The predicted molar refractivity (Wildman–Crippen MR) is 108 cm³/mol. The molecule has 0 fully saturated rings. The number of nitrogens with one attached hydrogen (secondary N) is 2. The summed E-state index contributed by atoms with van der Waals surface area (Å²) >= 11 is 5.16. The third-order valence-electron chi connectivity index (χ3n) is 3.66. The van der Waals surface area contributed by atoms with Crippen molar-refractivity contribution in [2.24, 2.45) is 0 Å². The smallest absolute Gasteiger partial charge is 0.181 e. The summed E-state index contributed by atoms with van der Waals surface area (Å²) in [7, 11) is 4.05. The molecule has 0 amide bonds. The van der Waals surface area contributed by atoms with E-state index in [1.165, 1.54) is 4.90 Å². The second kappa shape index (κ2) is 7.10. The van der Waals surface area contributed by atoms with Crippen LogP contribution in [0.3, 0.4) is 0 Å². The average molecular weight is 430 g/mol. The number of aromatic amines is 1. The number of aromatic nitrogens is 5. The van der Waals surface area contributed by atoms with Crippen molar-refractivity contribution in [2.75, 3.05) is 19.4 Å². The first-order valence-electron chi connectivity index (χ1n) is 7.85. The van der Waals surface area contributed by atoms with Crippen molar-refractivity contribution in [3.05, 3.63) is 53.7 Å². The number of H-pyrrole nitrogens is 1. The van der Waals surface area contributed by atoms with Gasteiger partial charge in [0.05, 0.1) is 18.1 Å². The van der Waals surface area contributed by atoms with Gasteiger partial charge in [-0.25, -0.2) is 9.97 Å². The molecule has 3 heterocycles. The summed E-state index contributed by atoms with van der Waals surface area (Å²) in [6.07, 6.45) is 7.32. The first kappa shape index (κ1) is 17.1. The van der Waals surface area contributed by atoms with E-state index in [1.54, 1.807) is 18.1 Å². The quantitative estimate of drug-likeness (QED) is 0.463. The van der Waals surface area contributed by atoms with Crippen molar-refractivity contribution in [1.29, 1.82) is 0 Å². The normalized spacial score (nSPS) is 11.4. The van der Waals surface area contributed by atoms with Crippen molar-refractivity contribution in [2.45, 2.75) is 4.90 Å². The SMILES string of the molecule is CN(C)Sc1ccc(Nc2nc(Br)cn3c(-c4cn[nH]c4)cnc23)cc1. The maximum Gasteiger partial charge on any atom is 0.181 e. The molecule has 132 valence electrons. The van der Waals surface area contributed by atoms with Crippen molar-refractivity contribution in [3.8, 4) is 11.3 Å². The van der Waals surface area contributed by atoms with Crippen molar-refractivity contribution in [3.63, 3.8) is 0 Å². The van der Waals surface area contributed by atoms with Crippen LogP contribution in [0.1, 0.15) is 0 Å². The van der Waals surface area contributed by atoms with Gasteiger partial charge in [0, 0.05) is 28.5 Å². The summed E-state index contributed by atoms with van der Waals surface area (Å²) in [6, 6.07) is 8.21. The molecule has 0 saturated heterocycles. The molecule has 4 rings (SSSR count). The summed E-state index contributed by atoms with van der Waals surface area (Å²) in [5.74, 6) is 0.683. The summed E-state index contributed by atoms with van der Waals surface area (Å²) < 4.78 is 4.76. The fourth-order valence-corrected chi connectivity index (χ4v) is 3.66. The van der Waals surface area contributed by atoms with Gasteiger partial charge in [-0.15, -0.1) is 0 Å². The van der Waals surface area contributed by atoms with Crippen LogP contribution in [0.15, 0.2) is 58.6 Å². The van der Waals surface area contributed by atoms with Crippen LogP contribution in [0, 0.1) is 0 Å². The van der Waals surface area contributed by atoms with Gasteiger partial charge in [0.15, 0.2) is 11.5 Å². The van der Waals surface area contributed by atoms with Gasteiger partial charge < -0.3 is 5.32 Å². The standard InChI is InChI=1S/C17H16BrN7S/c1-24(2)26-13-5-3-12(4-6-13)22-16-17-19-9-14(11-7-20-21-8-11)25(17)10-15(18)23-16/h3-10H,1-2H3,(H,20,21)(H,22,23). The van der Waals surface area contributed by atoms with Gasteiger partial charge in [0.1, 0.15) is 4.60 Å². The van der Waals surface area contributed by atoms with E-state index in [0.29, 0.717) is 5.82 Å². The molecule has 0 bridgehead atoms. The first-order chi connectivity index (χ1) is 12.6. The van der Waals surface area contributed by atoms with Crippen molar-refractivity contribution in [1.82, 2.24) is 28.9 Å². The number of fused-ring (bicyclic) bond motifs is 1. The minimum atomic E-state index is 0.683. The highest BCUT2D eigenvalue weighted by Gasteiger charge is 2.13. The minimum absolute atomic E-state index is 0.683. The van der Waals surface area contributed by atoms with Gasteiger partial charge in [-0.3, -0.25) is 13.8 Å². The van der Waals surface area contributed by atoms with Crippen LogP contribution in [0.25, 0.3) is 16.9 Å². The van der Waals surface area contributed by atoms with Crippen LogP contribution in [-0.4, -0.2) is 43.0 Å². The summed E-state index contributed by atoms with van der Waals surface area (Å²) in [4.78, 5) is 10.3. The zero-order valence-corrected chi connectivity index (χ0v) is 16.5. The number of halogens is 1. The lowest BCUT2D eigenvalue weighted by Crippen LogP contribution is -2.00. The van der Waals surface area contributed by atoms with Gasteiger partial charge >= 0.3 is 0 Å². The van der Waals surface area contributed by atoms with Crippen LogP contribution in [0.5, 0.6) is 0 Å². The Balaban J connectivity index is 1.68. The van der Waals surface area contributed by atoms with Crippen LogP contribution in [0.2, 0.25) is 0 Å². The molecular formula is C17H16BrN7S. The topological polar surface area (TPSA) is 74.1 Å². The van der Waals surface area contributed by atoms with Gasteiger partial charge in [-0.05, 0) is 66.2 Å². The number of imidazole rings is 1. The van der Waals surface area contributed by atoms with E-state index in [4.69, 9.17) is 0 Å². The predicted octanol–water partition coefficient (Wildman–Crippen LogP) is 4.19. The monoisotopic (exact) mass is 429 g/mol. The summed E-state index contributed by atoms with van der Waals surface area (Å²) in [5.41, 5.74) is 3.61. The highest BCUT2D eigenvalue weighted by atomic mass is 79.9. The lowest BCUT2D eigenvalue weighted by molar-refractivity contribution is 0.702. The largest absolute Gasteiger partial charge is 0.337 e. The maximum absolute atomic E-state index is 4.55. The number of hydrogen-bond acceptors (Lipinski definition) is 6. The van der Waals surface area contributed by atoms with E-state index in [9.17, 15) is 0 Å². The third-order valence-corrected chi connectivity index (χ3v) is 4.89. The Morgan fingerprint density at radius 3 is 2.69 bits per heavy atom. The molecule has 3 aromatic heterocycles. The fraction of sp³-hybridized carbons (Fsp3) is 0.118. The average Bonchev–Trinajstić information content (AvgIpc) is 3.25. The zero-order chi connectivity index (χ0) is 18.1. The summed E-state index contributed by atoms with van der Waals surface area (Å²) in [6.45, 7) is 0. The Morgan fingerprint density at radius 1 is 1.19 bits per heavy atom. The highest BCUT2D eigenvalue weighted by molar-refractivity contribution is 9.10. The number of benzene rings is 1. The number of hydrogen-bond donors (Lipinski definition) is 2. The Kier molecular flexibility index (Phi) is 4.66. The Bertz CT molecular complexity index is 1030. The fourth-order valence-electron chi connectivity index (χ4n) is 2.59. The molecule has 0 saturated carbocycles. The molecule has 0 aliphatic rings. The summed E-state index contributed by atoms with van der Waals surface area (Å²) in [5, 5.41) is 10.2.